The molecule has 2 aliphatic rings. The SMILES string of the molecule is CC(C)(C)[S+]([O-])N[C@@H]1c2ccccc2CC12CCCCC2. The van der Waals surface area contributed by atoms with Crippen LogP contribution in [0.1, 0.15) is 70.0 Å². The molecule has 2 aliphatic carbocycles. The molecule has 3 rings (SSSR count). The average Bonchev–Trinajstić information content (AvgIpc) is 2.72. The third-order valence-corrected chi connectivity index (χ3v) is 6.71. The number of nitrogens with one attached hydrogen (secondary N) is 1. The fourth-order valence-electron chi connectivity index (χ4n) is 3.98. The number of fused-ring (bicyclic) bond motifs is 1. The van der Waals surface area contributed by atoms with E-state index >= 15 is 0 Å². The number of hydrogen-bond donors (Lipinski definition) is 1. The van der Waals surface area contributed by atoms with Gasteiger partial charge in [0.25, 0.3) is 0 Å². The van der Waals surface area contributed by atoms with Gasteiger partial charge in [0.1, 0.15) is 4.75 Å². The monoisotopic (exact) mass is 305 g/mol. The van der Waals surface area contributed by atoms with Crippen molar-refractivity contribution in [3.63, 3.8) is 0 Å². The molecule has 0 heterocycles. The summed E-state index contributed by atoms with van der Waals surface area (Å²) < 4.78 is 15.9. The van der Waals surface area contributed by atoms with Crippen molar-refractivity contribution < 1.29 is 4.55 Å². The van der Waals surface area contributed by atoms with Crippen molar-refractivity contribution in [3.05, 3.63) is 35.4 Å². The molecule has 0 radical (unpaired) electrons. The maximum absolute atomic E-state index is 12.7. The van der Waals surface area contributed by atoms with Crippen LogP contribution in [0.4, 0.5) is 0 Å². The van der Waals surface area contributed by atoms with Crippen LogP contribution in [0.3, 0.4) is 0 Å². The molecule has 1 aromatic carbocycles. The number of rotatable bonds is 2. The highest BCUT2D eigenvalue weighted by atomic mass is 32.2. The van der Waals surface area contributed by atoms with Crippen molar-refractivity contribution in [2.75, 3.05) is 0 Å². The third-order valence-electron chi connectivity index (χ3n) is 5.15. The Hall–Kier alpha value is -0.510. The predicted octanol–water partition coefficient (Wildman–Crippen LogP) is 4.29. The molecule has 1 aromatic rings. The molecule has 1 N–H and O–H groups in total. The van der Waals surface area contributed by atoms with Crippen LogP contribution < -0.4 is 4.72 Å². The van der Waals surface area contributed by atoms with Crippen LogP contribution in [0.25, 0.3) is 0 Å². The fourth-order valence-corrected chi connectivity index (χ4v) is 4.93. The topological polar surface area (TPSA) is 35.1 Å². The van der Waals surface area contributed by atoms with Crippen LogP contribution in [0, 0.1) is 5.41 Å². The summed E-state index contributed by atoms with van der Waals surface area (Å²) in [5.41, 5.74) is 3.14. The van der Waals surface area contributed by atoms with Crippen molar-refractivity contribution in [1.82, 2.24) is 4.72 Å². The molecule has 2 atom stereocenters. The molecule has 3 heteroatoms. The molecule has 116 valence electrons. The van der Waals surface area contributed by atoms with Crippen molar-refractivity contribution >= 4 is 11.4 Å². The normalized spacial score (nSPS) is 25.8. The van der Waals surface area contributed by atoms with E-state index in [0.29, 0.717) is 5.41 Å². The van der Waals surface area contributed by atoms with Crippen LogP contribution in [0.15, 0.2) is 24.3 Å². The van der Waals surface area contributed by atoms with Crippen LogP contribution >= 0.6 is 0 Å². The maximum atomic E-state index is 12.7. The lowest BCUT2D eigenvalue weighted by Crippen LogP contribution is -2.46. The minimum absolute atomic E-state index is 0.215. The highest BCUT2D eigenvalue weighted by Crippen LogP contribution is 2.54. The first-order valence-electron chi connectivity index (χ1n) is 8.18. The van der Waals surface area contributed by atoms with E-state index in [4.69, 9.17) is 0 Å². The molecule has 0 bridgehead atoms. The Morgan fingerprint density at radius 1 is 1.14 bits per heavy atom. The minimum atomic E-state index is -1.01. The molecule has 21 heavy (non-hydrogen) atoms. The van der Waals surface area contributed by atoms with E-state index < -0.39 is 11.4 Å². The lowest BCUT2D eigenvalue weighted by molar-refractivity contribution is 0.152. The van der Waals surface area contributed by atoms with E-state index in [-0.39, 0.29) is 10.8 Å². The summed E-state index contributed by atoms with van der Waals surface area (Å²) in [6, 6.07) is 9.01. The smallest absolute Gasteiger partial charge is 0.136 e. The summed E-state index contributed by atoms with van der Waals surface area (Å²) >= 11 is -1.01. The molecule has 1 spiro atoms. The van der Waals surface area contributed by atoms with E-state index in [9.17, 15) is 4.55 Å². The van der Waals surface area contributed by atoms with Crippen LogP contribution in [-0.2, 0) is 17.8 Å². The Morgan fingerprint density at radius 3 is 2.48 bits per heavy atom. The van der Waals surface area contributed by atoms with Gasteiger partial charge in [0.2, 0.25) is 0 Å². The van der Waals surface area contributed by atoms with Gasteiger partial charge in [-0.3, -0.25) is 0 Å². The van der Waals surface area contributed by atoms with Gasteiger partial charge in [-0.15, -0.1) is 4.72 Å². The zero-order valence-electron chi connectivity index (χ0n) is 13.4. The second kappa shape index (κ2) is 5.60. The first kappa shape index (κ1) is 15.4. The van der Waals surface area contributed by atoms with E-state index in [2.05, 4.69) is 29.0 Å². The molecule has 1 fully saturated rings. The summed E-state index contributed by atoms with van der Waals surface area (Å²) in [6.07, 6.45) is 7.67. The maximum Gasteiger partial charge on any atom is 0.136 e. The zero-order chi connectivity index (χ0) is 15.1. The number of benzene rings is 1. The molecule has 1 unspecified atom stereocenters. The first-order valence-corrected chi connectivity index (χ1v) is 9.33. The standard InChI is InChI=1S/C18H27NOS/c1-17(2,3)21(20)19-16-15-10-6-5-9-14(15)13-18(16)11-7-4-8-12-18/h5-6,9-10,16,19H,4,7-8,11-13H2,1-3H3/t16-,21?/m1/s1. The van der Waals surface area contributed by atoms with Crippen molar-refractivity contribution in [1.29, 1.82) is 0 Å². The van der Waals surface area contributed by atoms with E-state index in [1.54, 1.807) is 0 Å². The van der Waals surface area contributed by atoms with Gasteiger partial charge in [0.15, 0.2) is 0 Å². The van der Waals surface area contributed by atoms with Gasteiger partial charge in [-0.05, 0) is 56.6 Å². The van der Waals surface area contributed by atoms with Crippen LogP contribution in [0.5, 0.6) is 0 Å². The van der Waals surface area contributed by atoms with Gasteiger partial charge in [-0.2, -0.15) is 0 Å². The highest BCUT2D eigenvalue weighted by molar-refractivity contribution is 7.90. The lowest BCUT2D eigenvalue weighted by Gasteiger charge is -2.40. The van der Waals surface area contributed by atoms with E-state index in [1.165, 1.54) is 43.2 Å². The average molecular weight is 305 g/mol. The Bertz CT molecular complexity index is 502. The quantitative estimate of drug-likeness (QED) is 0.827. The van der Waals surface area contributed by atoms with Crippen LogP contribution in [0.2, 0.25) is 0 Å². The fraction of sp³-hybridized carbons (Fsp3) is 0.667. The largest absolute Gasteiger partial charge is 0.598 e. The first-order chi connectivity index (χ1) is 9.92. The Morgan fingerprint density at radius 2 is 1.81 bits per heavy atom. The van der Waals surface area contributed by atoms with Gasteiger partial charge in [0.05, 0.1) is 6.04 Å². The van der Waals surface area contributed by atoms with Gasteiger partial charge in [0, 0.05) is 11.4 Å². The summed E-state index contributed by atoms with van der Waals surface area (Å²) in [4.78, 5) is 0. The van der Waals surface area contributed by atoms with Crippen molar-refractivity contribution in [2.24, 2.45) is 5.41 Å². The lowest BCUT2D eigenvalue weighted by atomic mass is 9.70. The Kier molecular flexibility index (Phi) is 4.10. The van der Waals surface area contributed by atoms with Crippen molar-refractivity contribution in [2.45, 2.75) is 70.1 Å². The minimum Gasteiger partial charge on any atom is -0.598 e. The Labute approximate surface area is 132 Å². The summed E-state index contributed by atoms with van der Waals surface area (Å²) in [5, 5.41) is 0. The van der Waals surface area contributed by atoms with Crippen molar-refractivity contribution in [3.8, 4) is 0 Å². The molecular formula is C18H27NOS. The molecule has 0 saturated heterocycles. The molecule has 2 nitrogen and oxygen atoms in total. The summed E-state index contributed by atoms with van der Waals surface area (Å²) in [5.74, 6) is 0. The molecule has 0 amide bonds. The van der Waals surface area contributed by atoms with E-state index in [1.807, 2.05) is 20.8 Å². The zero-order valence-corrected chi connectivity index (χ0v) is 14.3. The van der Waals surface area contributed by atoms with Gasteiger partial charge in [-0.25, -0.2) is 0 Å². The number of hydrogen-bond acceptors (Lipinski definition) is 2. The molecular weight excluding hydrogens is 278 g/mol. The van der Waals surface area contributed by atoms with Gasteiger partial charge in [-0.1, -0.05) is 43.5 Å². The second-order valence-electron chi connectivity index (χ2n) is 7.73. The molecule has 1 saturated carbocycles. The molecule has 0 aromatic heterocycles. The summed E-state index contributed by atoms with van der Waals surface area (Å²) in [6.45, 7) is 6.14. The van der Waals surface area contributed by atoms with E-state index in [0.717, 1.165) is 6.42 Å². The third kappa shape index (κ3) is 2.88. The highest BCUT2D eigenvalue weighted by Gasteiger charge is 2.49. The van der Waals surface area contributed by atoms with Gasteiger partial charge >= 0.3 is 0 Å². The van der Waals surface area contributed by atoms with Crippen LogP contribution in [-0.4, -0.2) is 9.30 Å². The second-order valence-corrected chi connectivity index (χ2v) is 9.73. The summed E-state index contributed by atoms with van der Waals surface area (Å²) in [7, 11) is 0. The predicted molar refractivity (Wildman–Crippen MR) is 89.4 cm³/mol. The Balaban J connectivity index is 1.92. The van der Waals surface area contributed by atoms with Gasteiger partial charge < -0.3 is 4.55 Å². The molecule has 0 aliphatic heterocycles.